The second-order valence-corrected chi connectivity index (χ2v) is 9.69. The van der Waals surface area contributed by atoms with Crippen LogP contribution in [0.1, 0.15) is 24.5 Å². The molecule has 8 heteroatoms. The Morgan fingerprint density at radius 3 is 2.53 bits per heavy atom. The van der Waals surface area contributed by atoms with Crippen LogP contribution in [0.25, 0.3) is 11.3 Å². The van der Waals surface area contributed by atoms with E-state index in [0.717, 1.165) is 34.6 Å². The number of benzene rings is 2. The van der Waals surface area contributed by atoms with Gasteiger partial charge in [0.15, 0.2) is 0 Å². The molecule has 1 aromatic heterocycles. The predicted molar refractivity (Wildman–Crippen MR) is 130 cm³/mol. The van der Waals surface area contributed by atoms with Crippen LogP contribution in [0.5, 0.6) is 0 Å². The molecule has 0 aliphatic rings. The van der Waals surface area contributed by atoms with Gasteiger partial charge in [-0.1, -0.05) is 36.4 Å². The molecule has 0 saturated heterocycles. The summed E-state index contributed by atoms with van der Waals surface area (Å²) in [6.07, 6.45) is 3.61. The van der Waals surface area contributed by atoms with Crippen LogP contribution in [0.15, 0.2) is 60.8 Å². The Bertz CT molecular complexity index is 1150. The first kappa shape index (κ1) is 23.8. The molecule has 0 saturated carbocycles. The molecule has 0 fully saturated rings. The summed E-state index contributed by atoms with van der Waals surface area (Å²) in [5, 5.41) is 0. The van der Waals surface area contributed by atoms with E-state index in [0.29, 0.717) is 32.0 Å². The van der Waals surface area contributed by atoms with Crippen molar-refractivity contribution < 1.29 is 8.42 Å². The molecule has 0 bridgehead atoms. The molecule has 32 heavy (non-hydrogen) atoms. The normalized spacial score (nSPS) is 11.7. The average Bonchev–Trinajstić information content (AvgIpc) is 2.78. The number of hydrogen-bond donors (Lipinski definition) is 1. The fourth-order valence-electron chi connectivity index (χ4n) is 3.59. The number of nitrogens with zero attached hydrogens (tertiary/aromatic N) is 4. The zero-order valence-corrected chi connectivity index (χ0v) is 19.7. The molecule has 1 heterocycles. The van der Waals surface area contributed by atoms with Crippen molar-refractivity contribution in [2.75, 3.05) is 30.8 Å². The van der Waals surface area contributed by atoms with Gasteiger partial charge in [0.25, 0.3) is 0 Å². The Morgan fingerprint density at radius 2 is 1.84 bits per heavy atom. The second kappa shape index (κ2) is 10.7. The van der Waals surface area contributed by atoms with E-state index in [2.05, 4.69) is 35.9 Å². The number of sulfonamides is 1. The predicted octanol–water partition coefficient (Wildman–Crippen LogP) is 3.72. The Hall–Kier alpha value is -2.81. The molecule has 0 unspecified atom stereocenters. The number of aromatic nitrogens is 2. The quantitative estimate of drug-likeness (QED) is 0.503. The molecule has 0 aliphatic heterocycles. The van der Waals surface area contributed by atoms with Crippen molar-refractivity contribution in [2.24, 2.45) is 5.73 Å². The van der Waals surface area contributed by atoms with Gasteiger partial charge in [-0.25, -0.2) is 18.4 Å². The van der Waals surface area contributed by atoms with E-state index in [1.807, 2.05) is 42.5 Å². The lowest BCUT2D eigenvalue weighted by Crippen LogP contribution is -2.31. The van der Waals surface area contributed by atoms with Gasteiger partial charge in [-0.2, -0.15) is 4.31 Å². The van der Waals surface area contributed by atoms with Crippen LogP contribution in [0.4, 0.5) is 11.6 Å². The summed E-state index contributed by atoms with van der Waals surface area (Å²) in [6.45, 7) is 6.03. The summed E-state index contributed by atoms with van der Waals surface area (Å²) in [6, 6.07) is 17.9. The molecule has 2 aromatic carbocycles. The molecule has 0 atom stereocenters. The lowest BCUT2D eigenvalue weighted by Gasteiger charge is -2.23. The van der Waals surface area contributed by atoms with Crippen molar-refractivity contribution in [2.45, 2.75) is 26.8 Å². The summed E-state index contributed by atoms with van der Waals surface area (Å²) in [7, 11) is -3.32. The van der Waals surface area contributed by atoms with E-state index in [4.69, 9.17) is 10.7 Å². The Balaban J connectivity index is 1.90. The molecule has 3 aromatic rings. The monoisotopic (exact) mass is 453 g/mol. The molecular formula is C24H31N5O2S. The first-order chi connectivity index (χ1) is 15.3. The van der Waals surface area contributed by atoms with E-state index < -0.39 is 10.0 Å². The smallest absolute Gasteiger partial charge is 0.230 e. The second-order valence-electron chi connectivity index (χ2n) is 7.71. The van der Waals surface area contributed by atoms with Crippen LogP contribution in [0.3, 0.4) is 0 Å². The van der Waals surface area contributed by atoms with Crippen LogP contribution in [0.2, 0.25) is 0 Å². The Morgan fingerprint density at radius 1 is 1.06 bits per heavy atom. The number of rotatable bonds is 10. The summed E-state index contributed by atoms with van der Waals surface area (Å²) in [4.78, 5) is 11.4. The van der Waals surface area contributed by atoms with Gasteiger partial charge in [0.2, 0.25) is 16.0 Å². The Kier molecular flexibility index (Phi) is 7.95. The number of nitrogens with two attached hydrogens (primary N) is 1. The highest BCUT2D eigenvalue weighted by molar-refractivity contribution is 7.88. The van der Waals surface area contributed by atoms with Crippen molar-refractivity contribution >= 4 is 21.7 Å². The van der Waals surface area contributed by atoms with E-state index >= 15 is 0 Å². The van der Waals surface area contributed by atoms with Gasteiger partial charge < -0.3 is 10.6 Å². The minimum absolute atomic E-state index is 0.301. The maximum Gasteiger partial charge on any atom is 0.230 e. The van der Waals surface area contributed by atoms with Crippen LogP contribution < -0.4 is 10.6 Å². The topological polar surface area (TPSA) is 92.4 Å². The highest BCUT2D eigenvalue weighted by Crippen LogP contribution is 2.27. The highest BCUT2D eigenvalue weighted by Gasteiger charge is 2.17. The minimum Gasteiger partial charge on any atom is -0.330 e. The van der Waals surface area contributed by atoms with Crippen molar-refractivity contribution in [3.05, 3.63) is 71.9 Å². The third-order valence-electron chi connectivity index (χ3n) is 5.27. The Labute approximate surface area is 191 Å². The third kappa shape index (κ3) is 5.91. The number of anilines is 2. The van der Waals surface area contributed by atoms with Crippen LogP contribution in [-0.2, 0) is 16.6 Å². The van der Waals surface area contributed by atoms with Crippen LogP contribution in [0, 0.1) is 6.92 Å². The maximum absolute atomic E-state index is 12.2. The molecule has 7 nitrogen and oxygen atoms in total. The first-order valence-corrected chi connectivity index (χ1v) is 12.6. The number of aryl methyl sites for hydroxylation is 1. The molecule has 170 valence electrons. The third-order valence-corrected chi connectivity index (χ3v) is 6.52. The van der Waals surface area contributed by atoms with Gasteiger partial charge in [-0.05, 0) is 56.1 Å². The van der Waals surface area contributed by atoms with Gasteiger partial charge in [0, 0.05) is 37.1 Å². The molecule has 0 spiro atoms. The van der Waals surface area contributed by atoms with Crippen molar-refractivity contribution in [1.82, 2.24) is 14.3 Å². The maximum atomic E-state index is 12.2. The summed E-state index contributed by atoms with van der Waals surface area (Å²) < 4.78 is 25.8. The summed E-state index contributed by atoms with van der Waals surface area (Å²) >= 11 is 0. The SMILES string of the molecule is CCN(c1nccc(-c2cccc(CN(CCCN)S(C)(=O)=O)c2)n1)c1ccccc1C. The first-order valence-electron chi connectivity index (χ1n) is 10.7. The summed E-state index contributed by atoms with van der Waals surface area (Å²) in [5.41, 5.74) is 10.4. The van der Waals surface area contributed by atoms with Crippen LogP contribution in [-0.4, -0.2) is 48.6 Å². The van der Waals surface area contributed by atoms with Gasteiger partial charge in [-0.15, -0.1) is 0 Å². The largest absolute Gasteiger partial charge is 0.330 e. The highest BCUT2D eigenvalue weighted by atomic mass is 32.2. The van der Waals surface area contributed by atoms with Crippen molar-refractivity contribution in [3.8, 4) is 11.3 Å². The average molecular weight is 454 g/mol. The zero-order chi connectivity index (χ0) is 23.1. The van der Waals surface area contributed by atoms with Crippen LogP contribution >= 0.6 is 0 Å². The molecule has 0 radical (unpaired) electrons. The van der Waals surface area contributed by atoms with Gasteiger partial charge in [0.05, 0.1) is 11.9 Å². The van der Waals surface area contributed by atoms with Gasteiger partial charge in [0.1, 0.15) is 0 Å². The van der Waals surface area contributed by atoms with E-state index in [1.165, 1.54) is 10.6 Å². The number of para-hydroxylation sites is 1. The molecule has 0 amide bonds. The number of hydrogen-bond acceptors (Lipinski definition) is 6. The molecule has 3 rings (SSSR count). The van der Waals surface area contributed by atoms with Crippen molar-refractivity contribution in [3.63, 3.8) is 0 Å². The fraction of sp³-hybridized carbons (Fsp3) is 0.333. The molecule has 2 N–H and O–H groups in total. The van der Waals surface area contributed by atoms with E-state index in [9.17, 15) is 8.42 Å². The summed E-state index contributed by atoms with van der Waals surface area (Å²) in [5.74, 6) is 0.630. The van der Waals surface area contributed by atoms with Crippen molar-refractivity contribution in [1.29, 1.82) is 0 Å². The lowest BCUT2D eigenvalue weighted by atomic mass is 10.1. The minimum atomic E-state index is -3.32. The van der Waals surface area contributed by atoms with E-state index in [-0.39, 0.29) is 0 Å². The molecular weight excluding hydrogens is 422 g/mol. The standard InChI is InChI=1S/C24H31N5O2S/c1-4-29(23-12-6-5-9-19(23)2)24-26-15-13-22(27-24)21-11-7-10-20(17-21)18-28(16-8-14-25)32(3,30)31/h5-7,9-13,15,17H,4,8,14,16,18,25H2,1-3H3. The van der Waals surface area contributed by atoms with Gasteiger partial charge in [-0.3, -0.25) is 0 Å². The van der Waals surface area contributed by atoms with E-state index in [1.54, 1.807) is 6.20 Å². The zero-order valence-electron chi connectivity index (χ0n) is 18.9. The molecule has 0 aliphatic carbocycles. The van der Waals surface area contributed by atoms with Gasteiger partial charge >= 0.3 is 0 Å². The fourth-order valence-corrected chi connectivity index (χ4v) is 4.43. The lowest BCUT2D eigenvalue weighted by molar-refractivity contribution is 0.405.